The predicted octanol–water partition coefficient (Wildman–Crippen LogP) is 4.08. The van der Waals surface area contributed by atoms with E-state index in [1.807, 2.05) is 0 Å². The first-order valence-electron chi connectivity index (χ1n) is 7.24. The Labute approximate surface area is 142 Å². The van der Waals surface area contributed by atoms with E-state index >= 15 is 0 Å². The van der Waals surface area contributed by atoms with E-state index in [2.05, 4.69) is 4.98 Å². The molecule has 25 heavy (non-hydrogen) atoms. The van der Waals surface area contributed by atoms with Gasteiger partial charge in [-0.3, -0.25) is 9.78 Å². The molecule has 2 rings (SSSR count). The van der Waals surface area contributed by atoms with Crippen LogP contribution < -0.4 is 9.47 Å². The SMILES string of the molecule is COc1cc(C=C(C(=O)C(F)(F)F)c2ncccc2C)cc(OC)c1. The van der Waals surface area contributed by atoms with E-state index in [9.17, 15) is 18.0 Å². The number of nitrogens with zero attached hydrogens (tertiary/aromatic N) is 1. The number of pyridine rings is 1. The van der Waals surface area contributed by atoms with Gasteiger partial charge in [0.1, 0.15) is 11.5 Å². The Morgan fingerprint density at radius 1 is 1.12 bits per heavy atom. The number of hydrogen-bond acceptors (Lipinski definition) is 4. The summed E-state index contributed by atoms with van der Waals surface area (Å²) in [6.45, 7) is 1.59. The molecule has 0 bridgehead atoms. The molecule has 1 heterocycles. The topological polar surface area (TPSA) is 48.4 Å². The van der Waals surface area contributed by atoms with Crippen LogP contribution in [0.4, 0.5) is 13.2 Å². The smallest absolute Gasteiger partial charge is 0.454 e. The van der Waals surface area contributed by atoms with Gasteiger partial charge in [0, 0.05) is 12.3 Å². The van der Waals surface area contributed by atoms with Crippen LogP contribution in [-0.4, -0.2) is 31.2 Å². The van der Waals surface area contributed by atoms with Crippen LogP contribution in [0.3, 0.4) is 0 Å². The monoisotopic (exact) mass is 351 g/mol. The van der Waals surface area contributed by atoms with Crippen LogP contribution in [0.25, 0.3) is 11.6 Å². The summed E-state index contributed by atoms with van der Waals surface area (Å²) in [6, 6.07) is 7.76. The minimum Gasteiger partial charge on any atom is -0.497 e. The zero-order valence-electron chi connectivity index (χ0n) is 13.8. The highest BCUT2D eigenvalue weighted by molar-refractivity contribution is 6.27. The van der Waals surface area contributed by atoms with Gasteiger partial charge in [-0.2, -0.15) is 13.2 Å². The molecule has 0 aliphatic carbocycles. The summed E-state index contributed by atoms with van der Waals surface area (Å²) in [5, 5.41) is 0. The van der Waals surface area contributed by atoms with Gasteiger partial charge in [0.25, 0.3) is 5.78 Å². The van der Waals surface area contributed by atoms with Gasteiger partial charge in [-0.1, -0.05) is 6.07 Å². The minimum absolute atomic E-state index is 0.0217. The van der Waals surface area contributed by atoms with E-state index in [1.54, 1.807) is 25.1 Å². The Bertz CT molecular complexity index is 791. The molecule has 0 atom stereocenters. The molecule has 0 N–H and O–H groups in total. The molecule has 0 fully saturated rings. The van der Waals surface area contributed by atoms with Crippen LogP contribution in [0.1, 0.15) is 16.8 Å². The Kier molecular flexibility index (Phi) is 5.46. The lowest BCUT2D eigenvalue weighted by atomic mass is 9.99. The van der Waals surface area contributed by atoms with Gasteiger partial charge in [0.05, 0.1) is 25.5 Å². The van der Waals surface area contributed by atoms with Crippen LogP contribution in [0, 0.1) is 6.92 Å². The minimum atomic E-state index is -5.02. The number of allylic oxidation sites excluding steroid dienone is 1. The maximum atomic E-state index is 13.0. The summed E-state index contributed by atoms with van der Waals surface area (Å²) < 4.78 is 49.3. The molecule has 0 radical (unpaired) electrons. The first-order chi connectivity index (χ1) is 11.8. The molecule has 1 aromatic heterocycles. The highest BCUT2D eigenvalue weighted by Crippen LogP contribution is 2.31. The molecule has 0 amide bonds. The molecule has 0 aliphatic heterocycles. The molecule has 0 aliphatic rings. The largest absolute Gasteiger partial charge is 0.497 e. The Balaban J connectivity index is 2.66. The van der Waals surface area contributed by atoms with Gasteiger partial charge in [-0.15, -0.1) is 0 Å². The number of benzene rings is 1. The second-order valence-corrected chi connectivity index (χ2v) is 5.20. The van der Waals surface area contributed by atoms with Crippen molar-refractivity contribution < 1.29 is 27.4 Å². The number of aromatic nitrogens is 1. The van der Waals surface area contributed by atoms with Crippen molar-refractivity contribution in [2.75, 3.05) is 14.2 Å². The Hall–Kier alpha value is -2.83. The normalized spacial score (nSPS) is 12.0. The number of carbonyl (C=O) groups is 1. The third-order valence-electron chi connectivity index (χ3n) is 3.45. The van der Waals surface area contributed by atoms with Crippen molar-refractivity contribution in [2.24, 2.45) is 0 Å². The fourth-order valence-electron chi connectivity index (χ4n) is 2.24. The van der Waals surface area contributed by atoms with E-state index in [-0.39, 0.29) is 5.69 Å². The number of halogens is 3. The fourth-order valence-corrected chi connectivity index (χ4v) is 2.24. The zero-order chi connectivity index (χ0) is 18.6. The van der Waals surface area contributed by atoms with Gasteiger partial charge in [0.15, 0.2) is 0 Å². The number of aryl methyl sites for hydroxylation is 1. The number of ether oxygens (including phenoxy) is 2. The van der Waals surface area contributed by atoms with Gasteiger partial charge in [-0.05, 0) is 42.3 Å². The van der Waals surface area contributed by atoms with E-state index in [4.69, 9.17) is 9.47 Å². The molecule has 4 nitrogen and oxygen atoms in total. The number of carbonyl (C=O) groups excluding carboxylic acids is 1. The maximum Gasteiger partial charge on any atom is 0.454 e. The third kappa shape index (κ3) is 4.37. The van der Waals surface area contributed by atoms with Crippen LogP contribution in [-0.2, 0) is 4.79 Å². The molecule has 1 aromatic carbocycles. The third-order valence-corrected chi connectivity index (χ3v) is 3.45. The van der Waals surface area contributed by atoms with E-state index in [1.165, 1.54) is 32.5 Å². The second kappa shape index (κ2) is 7.38. The lowest BCUT2D eigenvalue weighted by Gasteiger charge is -2.12. The molecule has 2 aromatic rings. The quantitative estimate of drug-likeness (QED) is 0.762. The molecule has 7 heteroatoms. The van der Waals surface area contributed by atoms with E-state index < -0.39 is 17.5 Å². The van der Waals surface area contributed by atoms with E-state index in [0.29, 0.717) is 22.6 Å². The molecular weight excluding hydrogens is 335 g/mol. The summed E-state index contributed by atoms with van der Waals surface area (Å²) in [6.07, 6.45) is -2.54. The predicted molar refractivity (Wildman–Crippen MR) is 87.5 cm³/mol. The average molecular weight is 351 g/mol. The fraction of sp³-hybridized carbons (Fsp3) is 0.222. The first-order valence-corrected chi connectivity index (χ1v) is 7.24. The van der Waals surface area contributed by atoms with Crippen molar-refractivity contribution in [2.45, 2.75) is 13.1 Å². The molecular formula is C18H16F3NO3. The second-order valence-electron chi connectivity index (χ2n) is 5.20. The standard InChI is InChI=1S/C18H16F3NO3/c1-11-5-4-6-22-16(11)15(17(23)18(19,20)21)9-12-7-13(24-2)10-14(8-12)25-3/h4-10H,1-3H3. The molecule has 0 saturated carbocycles. The van der Waals surface area contributed by atoms with Crippen LogP contribution in [0.15, 0.2) is 36.5 Å². The van der Waals surface area contributed by atoms with Crippen molar-refractivity contribution >= 4 is 17.4 Å². The summed E-state index contributed by atoms with van der Waals surface area (Å²) in [4.78, 5) is 15.9. The first kappa shape index (κ1) is 18.5. The Morgan fingerprint density at radius 3 is 2.20 bits per heavy atom. The summed E-state index contributed by atoms with van der Waals surface area (Å²) >= 11 is 0. The van der Waals surface area contributed by atoms with Crippen molar-refractivity contribution in [1.29, 1.82) is 0 Å². The molecule has 0 saturated heterocycles. The maximum absolute atomic E-state index is 13.0. The van der Waals surface area contributed by atoms with Gasteiger partial charge >= 0.3 is 6.18 Å². The highest BCUT2D eigenvalue weighted by atomic mass is 19.4. The lowest BCUT2D eigenvalue weighted by molar-refractivity contribution is -0.164. The summed E-state index contributed by atoms with van der Waals surface area (Å²) in [7, 11) is 2.85. The molecule has 132 valence electrons. The number of ketones is 1. The number of Topliss-reactive ketones (excluding diaryl/α,β-unsaturated/α-hetero) is 1. The summed E-state index contributed by atoms with van der Waals surface area (Å²) in [5.41, 5.74) is 0.225. The Morgan fingerprint density at radius 2 is 1.72 bits per heavy atom. The number of methoxy groups -OCH3 is 2. The molecule has 0 unspecified atom stereocenters. The van der Waals surface area contributed by atoms with Gasteiger partial charge in [-0.25, -0.2) is 0 Å². The van der Waals surface area contributed by atoms with E-state index in [0.717, 1.165) is 6.08 Å². The van der Waals surface area contributed by atoms with Gasteiger partial charge < -0.3 is 9.47 Å². The van der Waals surface area contributed by atoms with Crippen molar-refractivity contribution in [3.8, 4) is 11.5 Å². The average Bonchev–Trinajstić information content (AvgIpc) is 2.58. The summed E-state index contributed by atoms with van der Waals surface area (Å²) in [5.74, 6) is -1.18. The van der Waals surface area contributed by atoms with Crippen LogP contribution in [0.5, 0.6) is 11.5 Å². The van der Waals surface area contributed by atoms with Crippen molar-refractivity contribution in [3.63, 3.8) is 0 Å². The number of alkyl halides is 3. The van der Waals surface area contributed by atoms with Crippen molar-refractivity contribution in [3.05, 3.63) is 53.3 Å². The number of rotatable bonds is 5. The van der Waals surface area contributed by atoms with Crippen LogP contribution in [0.2, 0.25) is 0 Å². The highest BCUT2D eigenvalue weighted by Gasteiger charge is 2.41. The lowest BCUT2D eigenvalue weighted by Crippen LogP contribution is -2.24. The number of hydrogen-bond donors (Lipinski definition) is 0. The zero-order valence-corrected chi connectivity index (χ0v) is 13.8. The van der Waals surface area contributed by atoms with Crippen molar-refractivity contribution in [1.82, 2.24) is 4.98 Å². The van der Waals surface area contributed by atoms with Crippen LogP contribution >= 0.6 is 0 Å². The van der Waals surface area contributed by atoms with Gasteiger partial charge in [0.2, 0.25) is 0 Å². The molecule has 0 spiro atoms.